The lowest BCUT2D eigenvalue weighted by molar-refractivity contribution is 0.0922. The van der Waals surface area contributed by atoms with Gasteiger partial charge in [-0.25, -0.2) is 0 Å². The van der Waals surface area contributed by atoms with Crippen LogP contribution in [-0.2, 0) is 4.74 Å². The molecule has 2 nitrogen and oxygen atoms in total. The first-order chi connectivity index (χ1) is 7.77. The Morgan fingerprint density at radius 2 is 2.44 bits per heavy atom. The highest BCUT2D eigenvalue weighted by Crippen LogP contribution is 2.20. The molecule has 1 atom stereocenters. The van der Waals surface area contributed by atoms with Gasteiger partial charge in [0.1, 0.15) is 0 Å². The summed E-state index contributed by atoms with van der Waals surface area (Å²) in [5.74, 6) is 0.289. The van der Waals surface area contributed by atoms with E-state index >= 15 is 0 Å². The summed E-state index contributed by atoms with van der Waals surface area (Å²) in [6.07, 6.45) is 5.43. The van der Waals surface area contributed by atoms with Crippen molar-refractivity contribution in [3.05, 3.63) is 21.9 Å². The van der Waals surface area contributed by atoms with Crippen molar-refractivity contribution in [2.75, 3.05) is 6.61 Å². The third kappa shape index (κ3) is 2.92. The number of carbonyl (C=O) groups is 1. The monoisotopic (exact) mass is 238 g/mol. The van der Waals surface area contributed by atoms with Gasteiger partial charge in [-0.2, -0.15) is 11.3 Å². The smallest absolute Gasteiger partial charge is 0.163 e. The topological polar surface area (TPSA) is 26.3 Å². The number of aryl methyl sites for hydroxylation is 1. The van der Waals surface area contributed by atoms with Crippen molar-refractivity contribution in [3.8, 4) is 0 Å². The maximum Gasteiger partial charge on any atom is 0.163 e. The Bertz CT molecular complexity index is 351. The molecule has 1 saturated heterocycles. The molecular formula is C13H18O2S. The summed E-state index contributed by atoms with van der Waals surface area (Å²) in [5.41, 5.74) is 2.03. The standard InChI is InChI=1S/C13H18O2S/c1-10-8-16-9-12(10)13(14)6-2-4-11-5-3-7-15-11/h8-9,11H,2-7H2,1H3. The van der Waals surface area contributed by atoms with Crippen LogP contribution in [0.15, 0.2) is 10.8 Å². The summed E-state index contributed by atoms with van der Waals surface area (Å²) in [4.78, 5) is 11.9. The van der Waals surface area contributed by atoms with E-state index in [1.165, 1.54) is 12.8 Å². The first-order valence-corrected chi connectivity index (χ1v) is 6.89. The van der Waals surface area contributed by atoms with Gasteiger partial charge in [-0.05, 0) is 43.6 Å². The first kappa shape index (κ1) is 11.8. The molecule has 1 fully saturated rings. The van der Waals surface area contributed by atoms with Gasteiger partial charge in [-0.15, -0.1) is 0 Å². The average molecular weight is 238 g/mol. The molecule has 1 unspecified atom stereocenters. The van der Waals surface area contributed by atoms with E-state index in [2.05, 4.69) is 0 Å². The lowest BCUT2D eigenvalue weighted by Crippen LogP contribution is -2.06. The molecule has 0 bridgehead atoms. The molecule has 3 heteroatoms. The summed E-state index contributed by atoms with van der Waals surface area (Å²) < 4.78 is 5.54. The molecule has 1 aliphatic rings. The van der Waals surface area contributed by atoms with Crippen LogP contribution in [-0.4, -0.2) is 18.5 Å². The van der Waals surface area contributed by atoms with Crippen LogP contribution in [0.1, 0.15) is 48.0 Å². The number of ketones is 1. The molecule has 0 saturated carbocycles. The summed E-state index contributed by atoms with van der Waals surface area (Å²) >= 11 is 1.61. The summed E-state index contributed by atoms with van der Waals surface area (Å²) in [5, 5.41) is 4.00. The van der Waals surface area contributed by atoms with Crippen LogP contribution in [0.2, 0.25) is 0 Å². The van der Waals surface area contributed by atoms with E-state index < -0.39 is 0 Å². The van der Waals surface area contributed by atoms with E-state index in [-0.39, 0.29) is 5.78 Å². The highest BCUT2D eigenvalue weighted by Gasteiger charge is 2.16. The van der Waals surface area contributed by atoms with Gasteiger partial charge >= 0.3 is 0 Å². The van der Waals surface area contributed by atoms with Crippen LogP contribution in [0.4, 0.5) is 0 Å². The second-order valence-corrected chi connectivity index (χ2v) is 5.16. The number of thiophene rings is 1. The van der Waals surface area contributed by atoms with Gasteiger partial charge in [0.25, 0.3) is 0 Å². The molecule has 2 heterocycles. The Morgan fingerprint density at radius 1 is 1.56 bits per heavy atom. The number of hydrogen-bond donors (Lipinski definition) is 0. The zero-order valence-electron chi connectivity index (χ0n) is 9.70. The van der Waals surface area contributed by atoms with Gasteiger partial charge in [0.05, 0.1) is 6.10 Å². The first-order valence-electron chi connectivity index (χ1n) is 5.95. The van der Waals surface area contributed by atoms with Crippen molar-refractivity contribution in [2.45, 2.75) is 45.1 Å². The van der Waals surface area contributed by atoms with Gasteiger partial charge in [0.15, 0.2) is 5.78 Å². The second-order valence-electron chi connectivity index (χ2n) is 4.42. The van der Waals surface area contributed by atoms with Gasteiger partial charge in [-0.1, -0.05) is 0 Å². The minimum Gasteiger partial charge on any atom is -0.378 e. The summed E-state index contributed by atoms with van der Waals surface area (Å²) in [7, 11) is 0. The highest BCUT2D eigenvalue weighted by atomic mass is 32.1. The van der Waals surface area contributed by atoms with Crippen molar-refractivity contribution in [2.24, 2.45) is 0 Å². The molecular weight excluding hydrogens is 220 g/mol. The molecule has 16 heavy (non-hydrogen) atoms. The summed E-state index contributed by atoms with van der Waals surface area (Å²) in [6, 6.07) is 0. The number of carbonyl (C=O) groups excluding carboxylic acids is 1. The van der Waals surface area contributed by atoms with Crippen LogP contribution >= 0.6 is 11.3 Å². The van der Waals surface area contributed by atoms with Crippen LogP contribution < -0.4 is 0 Å². The normalized spacial score (nSPS) is 20.2. The van der Waals surface area contributed by atoms with E-state index in [9.17, 15) is 4.79 Å². The maximum absolute atomic E-state index is 11.9. The lowest BCUT2D eigenvalue weighted by Gasteiger charge is -2.07. The second kappa shape index (κ2) is 5.60. The van der Waals surface area contributed by atoms with E-state index in [0.29, 0.717) is 12.5 Å². The van der Waals surface area contributed by atoms with E-state index in [1.807, 2.05) is 17.7 Å². The highest BCUT2D eigenvalue weighted by molar-refractivity contribution is 7.08. The van der Waals surface area contributed by atoms with Crippen molar-refractivity contribution in [3.63, 3.8) is 0 Å². The Balaban J connectivity index is 1.73. The van der Waals surface area contributed by atoms with Crippen molar-refractivity contribution in [1.29, 1.82) is 0 Å². The predicted octanol–water partition coefficient (Wildman–Crippen LogP) is 3.59. The molecule has 88 valence electrons. The van der Waals surface area contributed by atoms with Gasteiger partial charge in [0, 0.05) is 24.0 Å². The lowest BCUT2D eigenvalue weighted by atomic mass is 10.0. The van der Waals surface area contributed by atoms with E-state index in [4.69, 9.17) is 4.74 Å². The average Bonchev–Trinajstić information content (AvgIpc) is 2.88. The number of Topliss-reactive ketones (excluding diaryl/α,β-unsaturated/α-hetero) is 1. The Kier molecular flexibility index (Phi) is 4.13. The van der Waals surface area contributed by atoms with Crippen LogP contribution in [0, 0.1) is 6.92 Å². The number of ether oxygens (including phenoxy) is 1. The number of rotatable bonds is 5. The molecule has 1 aromatic rings. The molecule has 0 amide bonds. The Hall–Kier alpha value is -0.670. The molecule has 1 aromatic heterocycles. The Morgan fingerprint density at radius 3 is 3.06 bits per heavy atom. The molecule has 0 aliphatic carbocycles. The number of hydrogen-bond acceptors (Lipinski definition) is 3. The fraction of sp³-hybridized carbons (Fsp3) is 0.615. The van der Waals surface area contributed by atoms with Crippen molar-refractivity contribution >= 4 is 17.1 Å². The minimum absolute atomic E-state index is 0.289. The zero-order chi connectivity index (χ0) is 11.4. The van der Waals surface area contributed by atoms with E-state index in [1.54, 1.807) is 11.3 Å². The van der Waals surface area contributed by atoms with Crippen LogP contribution in [0.5, 0.6) is 0 Å². The quantitative estimate of drug-likeness (QED) is 0.733. The fourth-order valence-corrected chi connectivity index (χ4v) is 3.00. The predicted molar refractivity (Wildman–Crippen MR) is 66.2 cm³/mol. The molecule has 2 rings (SSSR count). The maximum atomic E-state index is 11.9. The van der Waals surface area contributed by atoms with Crippen molar-refractivity contribution < 1.29 is 9.53 Å². The van der Waals surface area contributed by atoms with Gasteiger partial charge in [0.2, 0.25) is 0 Å². The molecule has 0 N–H and O–H groups in total. The van der Waals surface area contributed by atoms with Crippen LogP contribution in [0.25, 0.3) is 0 Å². The van der Waals surface area contributed by atoms with Gasteiger partial charge < -0.3 is 4.74 Å². The Labute approximate surface area is 101 Å². The zero-order valence-corrected chi connectivity index (χ0v) is 10.5. The largest absolute Gasteiger partial charge is 0.378 e. The summed E-state index contributed by atoms with van der Waals surface area (Å²) in [6.45, 7) is 2.91. The molecule has 0 radical (unpaired) electrons. The van der Waals surface area contributed by atoms with Gasteiger partial charge in [-0.3, -0.25) is 4.79 Å². The third-order valence-corrected chi connectivity index (χ3v) is 3.97. The molecule has 1 aliphatic heterocycles. The third-order valence-electron chi connectivity index (χ3n) is 3.11. The molecule has 0 spiro atoms. The minimum atomic E-state index is 0.289. The van der Waals surface area contributed by atoms with E-state index in [0.717, 1.165) is 30.6 Å². The molecule has 0 aromatic carbocycles. The van der Waals surface area contributed by atoms with Crippen LogP contribution in [0.3, 0.4) is 0 Å². The van der Waals surface area contributed by atoms with Crippen molar-refractivity contribution in [1.82, 2.24) is 0 Å². The SMILES string of the molecule is Cc1cscc1C(=O)CCCC1CCCO1. The fourth-order valence-electron chi connectivity index (χ4n) is 2.14.